The van der Waals surface area contributed by atoms with Gasteiger partial charge in [0.15, 0.2) is 0 Å². The molecule has 0 aliphatic carbocycles. The van der Waals surface area contributed by atoms with Crippen LogP contribution in [0.2, 0.25) is 0 Å². The molecule has 0 spiro atoms. The summed E-state index contributed by atoms with van der Waals surface area (Å²) in [6.45, 7) is 7.49. The Morgan fingerprint density at radius 2 is 1.82 bits per heavy atom. The van der Waals surface area contributed by atoms with E-state index in [1.54, 1.807) is 6.07 Å². The van der Waals surface area contributed by atoms with Gasteiger partial charge in [-0.2, -0.15) is 24.9 Å². The van der Waals surface area contributed by atoms with Gasteiger partial charge in [-0.05, 0) is 49.7 Å². The van der Waals surface area contributed by atoms with E-state index in [4.69, 9.17) is 4.74 Å². The first kappa shape index (κ1) is 24.4. The molecule has 2 aliphatic heterocycles. The van der Waals surface area contributed by atoms with E-state index in [1.807, 2.05) is 30.0 Å². The van der Waals surface area contributed by atoms with Crippen LogP contribution in [0.3, 0.4) is 0 Å². The fraction of sp³-hybridized carbons (Fsp3) is 0.538. The lowest BCUT2D eigenvalue weighted by Crippen LogP contribution is -2.40. The molecule has 0 amide bonds. The second kappa shape index (κ2) is 10.7. The smallest absolute Gasteiger partial charge is 0.378 e. The predicted molar refractivity (Wildman–Crippen MR) is 130 cm³/mol. The van der Waals surface area contributed by atoms with Crippen LogP contribution in [0.1, 0.15) is 55.5 Å². The van der Waals surface area contributed by atoms with Gasteiger partial charge in [-0.25, -0.2) is 0 Å². The van der Waals surface area contributed by atoms with Gasteiger partial charge in [-0.1, -0.05) is 44.2 Å². The fourth-order valence-electron chi connectivity index (χ4n) is 4.99. The van der Waals surface area contributed by atoms with E-state index in [9.17, 15) is 13.2 Å². The molecule has 4 atom stereocenters. The van der Waals surface area contributed by atoms with Gasteiger partial charge < -0.3 is 15.0 Å². The van der Waals surface area contributed by atoms with E-state index < -0.39 is 11.7 Å². The van der Waals surface area contributed by atoms with E-state index in [0.29, 0.717) is 5.56 Å². The first-order chi connectivity index (χ1) is 15.9. The van der Waals surface area contributed by atoms with Gasteiger partial charge in [-0.3, -0.25) is 0 Å². The van der Waals surface area contributed by atoms with Crippen molar-refractivity contribution in [2.75, 3.05) is 36.5 Å². The summed E-state index contributed by atoms with van der Waals surface area (Å²) >= 11 is 1.88. The Hall–Kier alpha value is -1.70. The maximum Gasteiger partial charge on any atom is 0.416 e. The zero-order valence-corrected chi connectivity index (χ0v) is 20.1. The van der Waals surface area contributed by atoms with Crippen molar-refractivity contribution in [1.29, 1.82) is 0 Å². The predicted octanol–water partition coefficient (Wildman–Crippen LogP) is 6.78. The van der Waals surface area contributed by atoms with Crippen molar-refractivity contribution in [3.8, 4) is 0 Å². The minimum absolute atomic E-state index is 0.0247. The van der Waals surface area contributed by atoms with Crippen LogP contribution in [-0.4, -0.2) is 42.1 Å². The number of nitrogens with zero attached hydrogens (tertiary/aromatic N) is 1. The number of nitrogens with one attached hydrogen (secondary N) is 1. The number of thioether (sulfide) groups is 1. The zero-order chi connectivity index (χ0) is 23.4. The maximum atomic E-state index is 13.5. The average molecular weight is 479 g/mol. The highest BCUT2D eigenvalue weighted by Crippen LogP contribution is 2.51. The number of benzene rings is 2. The van der Waals surface area contributed by atoms with Crippen LogP contribution in [-0.2, 0) is 10.9 Å². The lowest BCUT2D eigenvalue weighted by molar-refractivity contribution is -0.138. The highest BCUT2D eigenvalue weighted by Gasteiger charge is 2.43. The molecule has 3 nitrogen and oxygen atoms in total. The molecule has 33 heavy (non-hydrogen) atoms. The molecular weight excluding hydrogens is 445 g/mol. The summed E-state index contributed by atoms with van der Waals surface area (Å²) in [7, 11) is 0. The molecule has 4 rings (SSSR count). The van der Waals surface area contributed by atoms with Crippen LogP contribution in [0, 0.1) is 5.92 Å². The molecule has 0 unspecified atom stereocenters. The molecule has 1 saturated heterocycles. The van der Waals surface area contributed by atoms with Gasteiger partial charge in [0.05, 0.1) is 23.8 Å². The summed E-state index contributed by atoms with van der Waals surface area (Å²) in [6.07, 6.45) is -2.79. The van der Waals surface area contributed by atoms with Crippen molar-refractivity contribution in [3.63, 3.8) is 0 Å². The number of anilines is 1. The van der Waals surface area contributed by atoms with Gasteiger partial charge in [0, 0.05) is 35.2 Å². The molecule has 0 bridgehead atoms. The number of fused-ring (bicyclic) bond motifs is 3. The summed E-state index contributed by atoms with van der Waals surface area (Å²) in [5.74, 6) is 2.02. The highest BCUT2D eigenvalue weighted by molar-refractivity contribution is 7.99. The van der Waals surface area contributed by atoms with Crippen molar-refractivity contribution >= 4 is 17.4 Å². The molecule has 2 aromatic carbocycles. The van der Waals surface area contributed by atoms with Crippen LogP contribution in [0.25, 0.3) is 0 Å². The summed E-state index contributed by atoms with van der Waals surface area (Å²) in [5.41, 5.74) is 1.92. The molecular formula is C26H33F3N2OS. The third-order valence-corrected chi connectivity index (χ3v) is 7.96. The standard InChI is InChI=1S/C26H33F3N2OS/c1-3-31(4-2)14-15-33-17-20-11-12-21-24(18-8-6-5-7-9-18)30-23-13-10-19(26(27,28)29)16-22(23)25(21)32-20/h5-10,13,16,20-21,24-25,30H,3-4,11-12,14-15,17H2,1-2H3/t20-,21+,24+,25+/m1/s1. The minimum Gasteiger partial charge on any atom is -0.378 e. The van der Waals surface area contributed by atoms with Crippen LogP contribution in [0.5, 0.6) is 0 Å². The molecule has 2 aromatic rings. The Labute approximate surface area is 199 Å². The number of halogens is 3. The van der Waals surface area contributed by atoms with Crippen LogP contribution < -0.4 is 5.32 Å². The van der Waals surface area contributed by atoms with Crippen molar-refractivity contribution in [2.45, 2.75) is 51.1 Å². The van der Waals surface area contributed by atoms with E-state index in [0.717, 1.165) is 61.3 Å². The molecule has 1 fully saturated rings. The second-order valence-electron chi connectivity index (χ2n) is 8.85. The summed E-state index contributed by atoms with van der Waals surface area (Å²) in [5, 5.41) is 3.53. The lowest BCUT2D eigenvalue weighted by Gasteiger charge is -2.46. The number of hydrogen-bond acceptors (Lipinski definition) is 4. The quantitative estimate of drug-likeness (QED) is 0.423. The van der Waals surface area contributed by atoms with E-state index >= 15 is 0 Å². The molecule has 1 N–H and O–H groups in total. The molecule has 2 aliphatic rings. The summed E-state index contributed by atoms with van der Waals surface area (Å²) in [6, 6.07) is 14.2. The highest BCUT2D eigenvalue weighted by atomic mass is 32.2. The van der Waals surface area contributed by atoms with Gasteiger partial charge in [0.25, 0.3) is 0 Å². The van der Waals surface area contributed by atoms with E-state index in [-0.39, 0.29) is 24.2 Å². The van der Waals surface area contributed by atoms with Crippen molar-refractivity contribution < 1.29 is 17.9 Å². The number of alkyl halides is 3. The van der Waals surface area contributed by atoms with E-state index in [2.05, 4.69) is 36.2 Å². The Bertz CT molecular complexity index is 904. The Kier molecular flexibility index (Phi) is 7.92. The Balaban J connectivity index is 1.53. The Morgan fingerprint density at radius 3 is 2.52 bits per heavy atom. The van der Waals surface area contributed by atoms with Gasteiger partial charge in [0.1, 0.15) is 0 Å². The van der Waals surface area contributed by atoms with Gasteiger partial charge >= 0.3 is 6.18 Å². The van der Waals surface area contributed by atoms with Crippen molar-refractivity contribution in [2.24, 2.45) is 5.92 Å². The molecule has 2 heterocycles. The van der Waals surface area contributed by atoms with Crippen molar-refractivity contribution in [1.82, 2.24) is 4.90 Å². The third kappa shape index (κ3) is 5.69. The Morgan fingerprint density at radius 1 is 1.06 bits per heavy atom. The number of rotatable bonds is 8. The monoisotopic (exact) mass is 478 g/mol. The molecule has 0 radical (unpaired) electrons. The molecule has 0 aromatic heterocycles. The van der Waals surface area contributed by atoms with Crippen molar-refractivity contribution in [3.05, 3.63) is 65.2 Å². The fourth-order valence-corrected chi connectivity index (χ4v) is 6.06. The number of hydrogen-bond donors (Lipinski definition) is 1. The van der Waals surface area contributed by atoms with E-state index in [1.165, 1.54) is 6.07 Å². The summed E-state index contributed by atoms with van der Waals surface area (Å²) in [4.78, 5) is 2.40. The molecule has 7 heteroatoms. The largest absolute Gasteiger partial charge is 0.416 e. The van der Waals surface area contributed by atoms with Crippen LogP contribution >= 0.6 is 11.8 Å². The van der Waals surface area contributed by atoms with Gasteiger partial charge in [-0.15, -0.1) is 0 Å². The molecule has 180 valence electrons. The third-order valence-electron chi connectivity index (χ3n) is 6.88. The maximum absolute atomic E-state index is 13.5. The summed E-state index contributed by atoms with van der Waals surface area (Å²) < 4.78 is 46.9. The van der Waals surface area contributed by atoms with Crippen LogP contribution in [0.4, 0.5) is 18.9 Å². The lowest BCUT2D eigenvalue weighted by atomic mass is 9.76. The average Bonchev–Trinajstić information content (AvgIpc) is 2.83. The normalized spacial score (nSPS) is 24.8. The minimum atomic E-state index is -4.37. The first-order valence-electron chi connectivity index (χ1n) is 11.9. The van der Waals surface area contributed by atoms with Crippen LogP contribution in [0.15, 0.2) is 48.5 Å². The molecule has 0 saturated carbocycles. The second-order valence-corrected chi connectivity index (χ2v) is 10.0. The first-order valence-corrected chi connectivity index (χ1v) is 13.0. The number of ether oxygens (including phenoxy) is 1. The topological polar surface area (TPSA) is 24.5 Å². The SMILES string of the molecule is CCN(CC)CCSC[C@H]1CC[C@@H]2[C@H](O1)c1cc(C(F)(F)F)ccc1N[C@H]2c1ccccc1. The zero-order valence-electron chi connectivity index (χ0n) is 19.3. The van der Waals surface area contributed by atoms with Gasteiger partial charge in [0.2, 0.25) is 0 Å².